The van der Waals surface area contributed by atoms with Crippen LogP contribution in [0.4, 0.5) is 5.69 Å². The largest absolute Gasteiger partial charge is 0.326 e. The summed E-state index contributed by atoms with van der Waals surface area (Å²) in [6, 6.07) is 24.0. The van der Waals surface area contributed by atoms with E-state index in [4.69, 9.17) is 9.97 Å². The third kappa shape index (κ3) is 3.52. The summed E-state index contributed by atoms with van der Waals surface area (Å²) in [5.41, 5.74) is 6.49. The number of aryl methyl sites for hydroxylation is 1. The molecule has 0 saturated heterocycles. The summed E-state index contributed by atoms with van der Waals surface area (Å²) >= 11 is 0. The number of nitrogens with one attached hydrogen (secondary N) is 1. The number of carbonyl (C=O) groups is 1. The van der Waals surface area contributed by atoms with E-state index in [-0.39, 0.29) is 5.91 Å². The molecule has 2 heterocycles. The smallest absolute Gasteiger partial charge is 0.226 e. The van der Waals surface area contributed by atoms with Crippen molar-refractivity contribution in [1.82, 2.24) is 14.5 Å². The molecule has 0 radical (unpaired) electrons. The number of fused-ring (bicyclic) bond motifs is 4. The van der Waals surface area contributed by atoms with Crippen molar-refractivity contribution in [3.63, 3.8) is 0 Å². The quantitative estimate of drug-likeness (QED) is 0.394. The van der Waals surface area contributed by atoms with Gasteiger partial charge in [-0.2, -0.15) is 0 Å². The van der Waals surface area contributed by atoms with Gasteiger partial charge >= 0.3 is 0 Å². The molecule has 3 aromatic carbocycles. The second-order valence-electron chi connectivity index (χ2n) is 8.09. The zero-order chi connectivity index (χ0) is 21.4. The summed E-state index contributed by atoms with van der Waals surface area (Å²) in [5, 5.41) is 4.15. The van der Waals surface area contributed by atoms with Crippen LogP contribution in [0.1, 0.15) is 31.7 Å². The van der Waals surface area contributed by atoms with E-state index in [2.05, 4.69) is 41.9 Å². The summed E-state index contributed by atoms with van der Waals surface area (Å²) in [6.07, 6.45) is 0.356. The Kier molecular flexibility index (Phi) is 4.86. The number of amides is 1. The van der Waals surface area contributed by atoms with E-state index in [1.165, 1.54) is 0 Å². The van der Waals surface area contributed by atoms with E-state index in [1.807, 2.05) is 54.6 Å². The molecule has 5 aromatic rings. The van der Waals surface area contributed by atoms with Crippen molar-refractivity contribution in [2.24, 2.45) is 0 Å². The molecule has 1 amide bonds. The molecule has 0 unspecified atom stereocenters. The van der Waals surface area contributed by atoms with Gasteiger partial charge in [0, 0.05) is 24.0 Å². The summed E-state index contributed by atoms with van der Waals surface area (Å²) < 4.78 is 2.11. The first kappa shape index (κ1) is 19.2. The van der Waals surface area contributed by atoms with Crippen molar-refractivity contribution in [3.8, 4) is 0 Å². The average molecular weight is 409 g/mol. The molecule has 0 fully saturated rings. The van der Waals surface area contributed by atoms with Crippen LogP contribution >= 0.6 is 0 Å². The second kappa shape index (κ2) is 7.84. The fourth-order valence-electron chi connectivity index (χ4n) is 4.15. The Labute approximate surface area is 180 Å². The molecule has 2 aromatic heterocycles. The normalized spacial score (nSPS) is 11.6. The lowest BCUT2D eigenvalue weighted by atomic mass is 10.0. The number of hydrogen-bond donors (Lipinski definition) is 1. The van der Waals surface area contributed by atoms with E-state index < -0.39 is 0 Å². The number of anilines is 1. The topological polar surface area (TPSA) is 59.8 Å². The van der Waals surface area contributed by atoms with Gasteiger partial charge in [0.15, 0.2) is 5.65 Å². The van der Waals surface area contributed by atoms with Crippen LogP contribution in [0.5, 0.6) is 0 Å². The molecular weight excluding hydrogens is 384 g/mol. The zero-order valence-corrected chi connectivity index (χ0v) is 17.7. The highest BCUT2D eigenvalue weighted by Crippen LogP contribution is 2.29. The van der Waals surface area contributed by atoms with Crippen LogP contribution < -0.4 is 5.32 Å². The van der Waals surface area contributed by atoms with Gasteiger partial charge < -0.3 is 9.88 Å². The van der Waals surface area contributed by atoms with Crippen LogP contribution in [0.15, 0.2) is 72.8 Å². The number of benzene rings is 3. The Hall–Kier alpha value is -3.73. The highest BCUT2D eigenvalue weighted by Gasteiger charge is 2.16. The fourth-order valence-corrected chi connectivity index (χ4v) is 4.15. The van der Waals surface area contributed by atoms with Crippen LogP contribution in [0.3, 0.4) is 0 Å². The van der Waals surface area contributed by atoms with Crippen LogP contribution in [0, 0.1) is 0 Å². The summed E-state index contributed by atoms with van der Waals surface area (Å²) in [7, 11) is 0. The monoisotopic (exact) mass is 408 g/mol. The molecule has 154 valence electrons. The fraction of sp³-hybridized carbons (Fsp3) is 0.192. The van der Waals surface area contributed by atoms with Gasteiger partial charge in [0.25, 0.3) is 0 Å². The Morgan fingerprint density at radius 2 is 1.58 bits per heavy atom. The lowest BCUT2D eigenvalue weighted by Crippen LogP contribution is -2.16. The molecule has 5 rings (SSSR count). The molecule has 0 aliphatic carbocycles. The predicted molar refractivity (Wildman–Crippen MR) is 126 cm³/mol. The number of carbonyl (C=O) groups excluding carboxylic acids is 1. The van der Waals surface area contributed by atoms with E-state index in [0.29, 0.717) is 18.9 Å². The van der Waals surface area contributed by atoms with Crippen molar-refractivity contribution in [2.45, 2.75) is 32.7 Å². The molecule has 0 aliphatic rings. The first-order valence-electron chi connectivity index (χ1n) is 10.6. The van der Waals surface area contributed by atoms with Gasteiger partial charge in [-0.15, -0.1) is 0 Å². The number of nitrogens with zero attached hydrogens (tertiary/aromatic N) is 3. The third-order valence-electron chi connectivity index (χ3n) is 5.68. The molecule has 31 heavy (non-hydrogen) atoms. The maximum Gasteiger partial charge on any atom is 0.226 e. The van der Waals surface area contributed by atoms with Crippen molar-refractivity contribution in [2.75, 3.05) is 5.32 Å². The molecule has 0 atom stereocenters. The van der Waals surface area contributed by atoms with Gasteiger partial charge in [-0.1, -0.05) is 62.4 Å². The minimum Gasteiger partial charge on any atom is -0.326 e. The SMILES string of the molecule is CC(C)c1ccccc1NC(=O)CCn1c2ccccc2c2nc3ccccc3nc21. The molecule has 0 spiro atoms. The van der Waals surface area contributed by atoms with E-state index in [9.17, 15) is 4.79 Å². The van der Waals surface area contributed by atoms with Crippen molar-refractivity contribution < 1.29 is 4.79 Å². The number of hydrogen-bond acceptors (Lipinski definition) is 3. The highest BCUT2D eigenvalue weighted by molar-refractivity contribution is 6.06. The number of aromatic nitrogens is 3. The molecule has 0 aliphatic heterocycles. The maximum absolute atomic E-state index is 12.8. The summed E-state index contributed by atoms with van der Waals surface area (Å²) in [6.45, 7) is 4.80. The van der Waals surface area contributed by atoms with Gasteiger partial charge in [0.2, 0.25) is 5.91 Å². The van der Waals surface area contributed by atoms with Crippen LogP contribution in [0.25, 0.3) is 33.1 Å². The van der Waals surface area contributed by atoms with Gasteiger partial charge in [-0.3, -0.25) is 4.79 Å². The number of para-hydroxylation sites is 4. The van der Waals surface area contributed by atoms with Gasteiger partial charge in [-0.05, 0) is 35.7 Å². The number of rotatable bonds is 5. The Morgan fingerprint density at radius 3 is 2.39 bits per heavy atom. The lowest BCUT2D eigenvalue weighted by Gasteiger charge is -2.14. The minimum absolute atomic E-state index is 0.00669. The predicted octanol–water partition coefficient (Wildman–Crippen LogP) is 5.89. The molecular formula is C26H24N4O. The van der Waals surface area contributed by atoms with Crippen molar-refractivity contribution >= 4 is 44.7 Å². The van der Waals surface area contributed by atoms with E-state index in [0.717, 1.165) is 44.4 Å². The highest BCUT2D eigenvalue weighted by atomic mass is 16.1. The first-order valence-corrected chi connectivity index (χ1v) is 10.6. The Balaban J connectivity index is 1.49. The summed E-state index contributed by atoms with van der Waals surface area (Å²) in [4.78, 5) is 22.6. The third-order valence-corrected chi connectivity index (χ3v) is 5.68. The van der Waals surface area contributed by atoms with Gasteiger partial charge in [-0.25, -0.2) is 9.97 Å². The van der Waals surface area contributed by atoms with Crippen molar-refractivity contribution in [3.05, 3.63) is 78.4 Å². The molecule has 5 heteroatoms. The van der Waals surface area contributed by atoms with Crippen LogP contribution in [-0.2, 0) is 11.3 Å². The molecule has 0 saturated carbocycles. The van der Waals surface area contributed by atoms with Crippen LogP contribution in [0.2, 0.25) is 0 Å². The lowest BCUT2D eigenvalue weighted by molar-refractivity contribution is -0.116. The van der Waals surface area contributed by atoms with E-state index in [1.54, 1.807) is 0 Å². The molecule has 5 nitrogen and oxygen atoms in total. The van der Waals surface area contributed by atoms with Gasteiger partial charge in [0.1, 0.15) is 5.52 Å². The van der Waals surface area contributed by atoms with E-state index >= 15 is 0 Å². The Bertz CT molecular complexity index is 1420. The average Bonchev–Trinajstić information content (AvgIpc) is 3.09. The standard InChI is InChI=1S/C26H24N4O/c1-17(2)18-9-3-5-11-20(18)27-24(31)15-16-30-23-14-8-4-10-19(23)25-26(30)29-22-13-7-6-12-21(22)28-25/h3-14,17H,15-16H2,1-2H3,(H,27,31). The maximum atomic E-state index is 12.8. The molecule has 0 bridgehead atoms. The molecule has 1 N–H and O–H groups in total. The van der Waals surface area contributed by atoms with Crippen LogP contribution in [-0.4, -0.2) is 20.4 Å². The van der Waals surface area contributed by atoms with Crippen molar-refractivity contribution in [1.29, 1.82) is 0 Å². The summed E-state index contributed by atoms with van der Waals surface area (Å²) in [5.74, 6) is 0.338. The van der Waals surface area contributed by atoms with Gasteiger partial charge in [0.05, 0.1) is 16.6 Å². The zero-order valence-electron chi connectivity index (χ0n) is 17.7. The first-order chi connectivity index (χ1) is 15.1. The second-order valence-corrected chi connectivity index (χ2v) is 8.09. The minimum atomic E-state index is -0.00669. The Morgan fingerprint density at radius 1 is 0.903 bits per heavy atom.